The van der Waals surface area contributed by atoms with Crippen LogP contribution in [-0.2, 0) is 11.8 Å². The number of rotatable bonds is 7. The number of hydrogen-bond acceptors (Lipinski definition) is 2. The summed E-state index contributed by atoms with van der Waals surface area (Å²) >= 11 is 0. The molecule has 2 amide bonds. The molecule has 1 unspecified atom stereocenters. The predicted octanol–water partition coefficient (Wildman–Crippen LogP) is 2.84. The summed E-state index contributed by atoms with van der Waals surface area (Å²) in [6.45, 7) is 9.98. The molecule has 0 saturated carbocycles. The monoisotopic (exact) mass is 306 g/mol. The number of benzene rings is 1. The highest BCUT2D eigenvalue weighted by Crippen LogP contribution is 2.22. The molecule has 0 aromatic heterocycles. The van der Waals surface area contributed by atoms with Crippen LogP contribution in [-0.4, -0.2) is 30.8 Å². The van der Waals surface area contributed by atoms with Gasteiger partial charge >= 0.3 is 6.03 Å². The fourth-order valence-electron chi connectivity index (χ4n) is 2.14. The predicted molar refractivity (Wildman–Crippen MR) is 91.1 cm³/mol. The lowest BCUT2D eigenvalue weighted by Crippen LogP contribution is -2.38. The maximum atomic E-state index is 11.6. The van der Waals surface area contributed by atoms with Crippen LogP contribution < -0.4 is 10.6 Å². The largest absolute Gasteiger partial charge is 0.396 e. The van der Waals surface area contributed by atoms with E-state index in [9.17, 15) is 4.79 Å². The quantitative estimate of drug-likeness (QED) is 0.725. The van der Waals surface area contributed by atoms with Gasteiger partial charge in [0.05, 0.1) is 0 Å². The van der Waals surface area contributed by atoms with Crippen molar-refractivity contribution in [3.63, 3.8) is 0 Å². The molecular weight excluding hydrogens is 276 g/mol. The second-order valence-corrected chi connectivity index (χ2v) is 6.95. The average molecular weight is 306 g/mol. The molecule has 0 aliphatic carbocycles. The van der Waals surface area contributed by atoms with Gasteiger partial charge in [0.15, 0.2) is 0 Å². The molecule has 1 aromatic rings. The summed E-state index contributed by atoms with van der Waals surface area (Å²) in [7, 11) is 0. The van der Waals surface area contributed by atoms with Crippen LogP contribution in [0.3, 0.4) is 0 Å². The van der Waals surface area contributed by atoms with Gasteiger partial charge in [0.25, 0.3) is 0 Å². The van der Waals surface area contributed by atoms with E-state index in [-0.39, 0.29) is 18.1 Å². The Hall–Kier alpha value is -1.55. The number of hydrogen-bond donors (Lipinski definition) is 3. The summed E-state index contributed by atoms with van der Waals surface area (Å²) in [4.78, 5) is 11.6. The summed E-state index contributed by atoms with van der Waals surface area (Å²) in [5.41, 5.74) is 2.71. The number of urea groups is 1. The molecule has 4 nitrogen and oxygen atoms in total. The smallest absolute Gasteiger partial charge is 0.314 e. The van der Waals surface area contributed by atoms with Crippen LogP contribution in [0.5, 0.6) is 0 Å². The number of carbonyl (C=O) groups is 1. The number of nitrogens with one attached hydrogen (secondary N) is 2. The highest BCUT2D eigenvalue weighted by atomic mass is 16.3. The molecule has 124 valence electrons. The van der Waals surface area contributed by atoms with Crippen molar-refractivity contribution in [2.45, 2.75) is 46.0 Å². The Morgan fingerprint density at radius 2 is 1.82 bits per heavy atom. The van der Waals surface area contributed by atoms with Crippen molar-refractivity contribution in [3.8, 4) is 0 Å². The van der Waals surface area contributed by atoms with Gasteiger partial charge in [0.2, 0.25) is 0 Å². The Kier molecular flexibility index (Phi) is 7.39. The van der Waals surface area contributed by atoms with Crippen molar-refractivity contribution in [3.05, 3.63) is 35.4 Å². The zero-order valence-electron chi connectivity index (χ0n) is 14.3. The van der Waals surface area contributed by atoms with Gasteiger partial charge in [-0.2, -0.15) is 0 Å². The Bertz CT molecular complexity index is 449. The van der Waals surface area contributed by atoms with Crippen LogP contribution in [0, 0.1) is 5.92 Å². The lowest BCUT2D eigenvalue weighted by molar-refractivity contribution is 0.234. The molecule has 0 fully saturated rings. The third kappa shape index (κ3) is 6.94. The van der Waals surface area contributed by atoms with Crippen molar-refractivity contribution >= 4 is 6.03 Å². The Morgan fingerprint density at radius 1 is 1.18 bits per heavy atom. The van der Waals surface area contributed by atoms with Gasteiger partial charge in [-0.05, 0) is 35.3 Å². The van der Waals surface area contributed by atoms with Crippen LogP contribution in [0.1, 0.15) is 45.2 Å². The van der Waals surface area contributed by atoms with E-state index in [2.05, 4.69) is 55.7 Å². The fraction of sp³-hybridized carbons (Fsp3) is 0.611. The maximum absolute atomic E-state index is 11.6. The molecule has 22 heavy (non-hydrogen) atoms. The third-order valence-electron chi connectivity index (χ3n) is 3.75. The molecule has 0 radical (unpaired) electrons. The van der Waals surface area contributed by atoms with E-state index >= 15 is 0 Å². The van der Waals surface area contributed by atoms with Crippen LogP contribution in [0.2, 0.25) is 0 Å². The van der Waals surface area contributed by atoms with Gasteiger partial charge in [-0.25, -0.2) is 4.79 Å². The number of aliphatic hydroxyl groups excluding tert-OH is 1. The molecule has 0 saturated heterocycles. The van der Waals surface area contributed by atoms with Crippen LogP contribution in [0.25, 0.3) is 0 Å². The van der Waals surface area contributed by atoms with E-state index in [4.69, 9.17) is 5.11 Å². The van der Waals surface area contributed by atoms with Crippen molar-refractivity contribution < 1.29 is 9.90 Å². The van der Waals surface area contributed by atoms with Crippen LogP contribution in [0.4, 0.5) is 4.79 Å². The fourth-order valence-corrected chi connectivity index (χ4v) is 2.14. The molecule has 4 heteroatoms. The number of amides is 2. The van der Waals surface area contributed by atoms with Gasteiger partial charge in [-0.3, -0.25) is 0 Å². The van der Waals surface area contributed by atoms with Crippen molar-refractivity contribution in [2.24, 2.45) is 5.92 Å². The zero-order chi connectivity index (χ0) is 16.6. The summed E-state index contributed by atoms with van der Waals surface area (Å²) < 4.78 is 0. The molecule has 0 spiro atoms. The molecular formula is C18H30N2O2. The molecule has 1 atom stereocenters. The van der Waals surface area contributed by atoms with Gasteiger partial charge in [0, 0.05) is 19.7 Å². The lowest BCUT2D eigenvalue weighted by atomic mass is 9.86. The molecule has 3 N–H and O–H groups in total. The molecule has 0 aliphatic heterocycles. The van der Waals surface area contributed by atoms with Crippen molar-refractivity contribution in [2.75, 3.05) is 19.7 Å². The summed E-state index contributed by atoms with van der Waals surface area (Å²) in [6, 6.07) is 8.43. The van der Waals surface area contributed by atoms with Gasteiger partial charge in [-0.15, -0.1) is 0 Å². The zero-order valence-corrected chi connectivity index (χ0v) is 14.3. The van der Waals surface area contributed by atoms with E-state index in [0.717, 1.165) is 6.42 Å². The molecule has 0 aliphatic rings. The standard InChI is InChI=1S/C18H30N2O2/c1-14(10-12-21)13-20-17(22)19-11-9-15-5-7-16(8-6-15)18(2,3)4/h5-8,14,21H,9-13H2,1-4H3,(H2,19,20,22). The second kappa shape index (κ2) is 8.79. The van der Waals surface area contributed by atoms with Crippen LogP contribution >= 0.6 is 0 Å². The Labute approximate surface area is 134 Å². The minimum Gasteiger partial charge on any atom is -0.396 e. The molecule has 1 rings (SSSR count). The van der Waals surface area contributed by atoms with Gasteiger partial charge in [0.1, 0.15) is 0 Å². The van der Waals surface area contributed by atoms with Gasteiger partial charge in [-0.1, -0.05) is 52.0 Å². The SMILES string of the molecule is CC(CCO)CNC(=O)NCCc1ccc(C(C)(C)C)cc1. The molecule has 1 aromatic carbocycles. The highest BCUT2D eigenvalue weighted by molar-refractivity contribution is 5.73. The summed E-state index contributed by atoms with van der Waals surface area (Å²) in [5, 5.41) is 14.5. The summed E-state index contributed by atoms with van der Waals surface area (Å²) in [6.07, 6.45) is 1.53. The molecule has 0 heterocycles. The van der Waals surface area contributed by atoms with E-state index in [0.29, 0.717) is 25.4 Å². The molecule has 0 bridgehead atoms. The van der Waals surface area contributed by atoms with E-state index < -0.39 is 0 Å². The Morgan fingerprint density at radius 3 is 2.36 bits per heavy atom. The first-order valence-electron chi connectivity index (χ1n) is 8.05. The normalized spacial score (nSPS) is 12.8. The maximum Gasteiger partial charge on any atom is 0.314 e. The number of aliphatic hydroxyl groups is 1. The first-order valence-corrected chi connectivity index (χ1v) is 8.05. The minimum absolute atomic E-state index is 0.142. The van der Waals surface area contributed by atoms with E-state index in [1.807, 2.05) is 6.92 Å². The summed E-state index contributed by atoms with van der Waals surface area (Å²) in [5.74, 6) is 0.292. The first-order chi connectivity index (χ1) is 10.3. The number of carbonyl (C=O) groups excluding carboxylic acids is 1. The topological polar surface area (TPSA) is 61.4 Å². The Balaban J connectivity index is 2.28. The third-order valence-corrected chi connectivity index (χ3v) is 3.75. The van der Waals surface area contributed by atoms with Gasteiger partial charge < -0.3 is 15.7 Å². The van der Waals surface area contributed by atoms with Crippen molar-refractivity contribution in [1.82, 2.24) is 10.6 Å². The van der Waals surface area contributed by atoms with Crippen molar-refractivity contribution in [1.29, 1.82) is 0 Å². The minimum atomic E-state index is -0.142. The first kappa shape index (κ1) is 18.5. The second-order valence-electron chi connectivity index (χ2n) is 6.95. The van der Waals surface area contributed by atoms with E-state index in [1.165, 1.54) is 11.1 Å². The van der Waals surface area contributed by atoms with Crippen LogP contribution in [0.15, 0.2) is 24.3 Å². The van der Waals surface area contributed by atoms with E-state index in [1.54, 1.807) is 0 Å². The lowest BCUT2D eigenvalue weighted by Gasteiger charge is -2.19. The highest BCUT2D eigenvalue weighted by Gasteiger charge is 2.12. The average Bonchev–Trinajstić information content (AvgIpc) is 2.45.